The van der Waals surface area contributed by atoms with Crippen LogP contribution in [-0.2, 0) is 16.1 Å². The van der Waals surface area contributed by atoms with Crippen LogP contribution in [0, 0.1) is 6.92 Å². The number of hydrogen-bond donors (Lipinski definition) is 1. The molecule has 0 spiro atoms. The zero-order chi connectivity index (χ0) is 11.7. The van der Waals surface area contributed by atoms with Gasteiger partial charge in [0.15, 0.2) is 5.82 Å². The highest BCUT2D eigenvalue weighted by Crippen LogP contribution is 2.10. The second-order valence-electron chi connectivity index (χ2n) is 3.66. The Balaban J connectivity index is 1.92. The minimum absolute atomic E-state index is 0.177. The Kier molecular flexibility index (Phi) is 2.69. The quantitative estimate of drug-likeness (QED) is 0.678. The second kappa shape index (κ2) is 4.01. The molecule has 1 saturated heterocycles. The Morgan fingerprint density at radius 1 is 1.56 bits per heavy atom. The summed E-state index contributed by atoms with van der Waals surface area (Å²) < 4.78 is 4.88. The topological polar surface area (TPSA) is 88.3 Å². The number of nitrogens with zero attached hydrogens (tertiary/aromatic N) is 3. The maximum absolute atomic E-state index is 11.5. The minimum Gasteiger partial charge on any atom is -0.338 e. The van der Waals surface area contributed by atoms with Gasteiger partial charge in [-0.05, 0) is 6.92 Å². The average molecular weight is 224 g/mol. The number of rotatable bonds is 3. The highest BCUT2D eigenvalue weighted by Gasteiger charge is 2.35. The number of carbonyl (C=O) groups is 2. The molecule has 0 bridgehead atoms. The molecule has 1 aliphatic heterocycles. The van der Waals surface area contributed by atoms with Gasteiger partial charge in [0, 0.05) is 7.05 Å². The summed E-state index contributed by atoms with van der Waals surface area (Å²) in [5.41, 5.74) is 0. The normalized spacial score (nSPS) is 20.9. The summed E-state index contributed by atoms with van der Waals surface area (Å²) >= 11 is 0. The van der Waals surface area contributed by atoms with Crippen molar-refractivity contribution in [3.8, 4) is 0 Å². The Morgan fingerprint density at radius 3 is 2.81 bits per heavy atom. The van der Waals surface area contributed by atoms with Crippen LogP contribution in [-0.4, -0.2) is 39.9 Å². The molecule has 1 fully saturated rings. The molecule has 1 aliphatic rings. The summed E-state index contributed by atoms with van der Waals surface area (Å²) in [5, 5.41) is 6.54. The Hall–Kier alpha value is -1.76. The van der Waals surface area contributed by atoms with Crippen LogP contribution in [0.25, 0.3) is 0 Å². The van der Waals surface area contributed by atoms with Gasteiger partial charge in [-0.15, -0.1) is 0 Å². The fraction of sp³-hybridized carbons (Fsp3) is 0.556. The lowest BCUT2D eigenvalue weighted by Gasteiger charge is -2.08. The highest BCUT2D eigenvalue weighted by atomic mass is 16.5. The van der Waals surface area contributed by atoms with Gasteiger partial charge in [-0.1, -0.05) is 5.16 Å². The monoisotopic (exact) mass is 224 g/mol. The van der Waals surface area contributed by atoms with Gasteiger partial charge in [0.1, 0.15) is 0 Å². The zero-order valence-corrected chi connectivity index (χ0v) is 9.06. The SMILES string of the molecule is Cc1noc(CNC2CC(=O)N(C)C2=O)n1. The first-order valence-electron chi connectivity index (χ1n) is 4.91. The van der Waals surface area contributed by atoms with Gasteiger partial charge in [-0.2, -0.15) is 4.98 Å². The fourth-order valence-electron chi connectivity index (χ4n) is 1.54. The lowest BCUT2D eigenvalue weighted by Crippen LogP contribution is -2.36. The smallest absolute Gasteiger partial charge is 0.246 e. The van der Waals surface area contributed by atoms with Crippen molar-refractivity contribution >= 4 is 11.8 Å². The summed E-state index contributed by atoms with van der Waals surface area (Å²) in [6.07, 6.45) is 0.183. The summed E-state index contributed by atoms with van der Waals surface area (Å²) in [4.78, 5) is 27.8. The van der Waals surface area contributed by atoms with Gasteiger partial charge in [-0.25, -0.2) is 0 Å². The van der Waals surface area contributed by atoms with Crippen molar-refractivity contribution < 1.29 is 14.1 Å². The molecule has 1 N–H and O–H groups in total. The van der Waals surface area contributed by atoms with E-state index in [0.29, 0.717) is 18.3 Å². The molecule has 1 aromatic rings. The molecule has 2 rings (SSSR count). The lowest BCUT2D eigenvalue weighted by molar-refractivity contribution is -0.137. The maximum atomic E-state index is 11.5. The van der Waals surface area contributed by atoms with E-state index in [9.17, 15) is 9.59 Å². The third kappa shape index (κ3) is 1.94. The van der Waals surface area contributed by atoms with Crippen molar-refractivity contribution in [2.24, 2.45) is 0 Å². The summed E-state index contributed by atoms with van der Waals surface area (Å²) in [5.74, 6) is 0.556. The number of likely N-dealkylation sites (N-methyl/N-ethyl adjacent to an activating group) is 1. The molecule has 7 heteroatoms. The molecule has 0 saturated carbocycles. The third-order valence-corrected chi connectivity index (χ3v) is 2.45. The van der Waals surface area contributed by atoms with Gasteiger partial charge in [0.05, 0.1) is 19.0 Å². The predicted octanol–water partition coefficient (Wildman–Crippen LogP) is -0.775. The average Bonchev–Trinajstić information content (AvgIpc) is 2.76. The number of carbonyl (C=O) groups excluding carboxylic acids is 2. The molecule has 2 amide bonds. The van der Waals surface area contributed by atoms with Gasteiger partial charge in [-0.3, -0.25) is 19.8 Å². The van der Waals surface area contributed by atoms with Crippen LogP contribution in [0.3, 0.4) is 0 Å². The number of amides is 2. The van der Waals surface area contributed by atoms with Crippen molar-refractivity contribution in [3.05, 3.63) is 11.7 Å². The molecule has 1 unspecified atom stereocenters. The highest BCUT2D eigenvalue weighted by molar-refractivity contribution is 6.05. The molecular formula is C9H12N4O3. The molecule has 0 aromatic carbocycles. The zero-order valence-electron chi connectivity index (χ0n) is 9.06. The first-order chi connectivity index (χ1) is 7.58. The summed E-state index contributed by atoms with van der Waals surface area (Å²) in [6.45, 7) is 2.00. The van der Waals surface area contributed by atoms with Gasteiger partial charge in [0.2, 0.25) is 17.7 Å². The second-order valence-corrected chi connectivity index (χ2v) is 3.66. The van der Waals surface area contributed by atoms with E-state index in [1.807, 2.05) is 0 Å². The van der Waals surface area contributed by atoms with Gasteiger partial charge in [0.25, 0.3) is 0 Å². The number of likely N-dealkylation sites (tertiary alicyclic amines) is 1. The van der Waals surface area contributed by atoms with Crippen molar-refractivity contribution in [2.75, 3.05) is 7.05 Å². The number of aryl methyl sites for hydroxylation is 1. The minimum atomic E-state index is -0.482. The molecular weight excluding hydrogens is 212 g/mol. The van der Waals surface area contributed by atoms with Crippen molar-refractivity contribution in [1.82, 2.24) is 20.4 Å². The van der Waals surface area contributed by atoms with E-state index in [1.165, 1.54) is 7.05 Å². The number of nitrogens with one attached hydrogen (secondary N) is 1. The van der Waals surface area contributed by atoms with Gasteiger partial charge < -0.3 is 4.52 Å². The van der Waals surface area contributed by atoms with Crippen LogP contribution in [0.15, 0.2) is 4.52 Å². The first kappa shape index (κ1) is 10.7. The van der Waals surface area contributed by atoms with Crippen molar-refractivity contribution in [2.45, 2.75) is 25.9 Å². The number of imide groups is 1. The standard InChI is InChI=1S/C9H12N4O3/c1-5-11-7(16-12-5)4-10-6-3-8(14)13(2)9(6)15/h6,10H,3-4H2,1-2H3. The van der Waals surface area contributed by atoms with E-state index in [4.69, 9.17) is 4.52 Å². The lowest BCUT2D eigenvalue weighted by atomic mass is 10.2. The Labute approximate surface area is 91.8 Å². The summed E-state index contributed by atoms with van der Waals surface area (Å²) in [6, 6.07) is -0.482. The van der Waals surface area contributed by atoms with E-state index < -0.39 is 6.04 Å². The molecule has 7 nitrogen and oxygen atoms in total. The van der Waals surface area contributed by atoms with E-state index >= 15 is 0 Å². The number of aromatic nitrogens is 2. The molecule has 86 valence electrons. The van der Waals surface area contributed by atoms with E-state index in [2.05, 4.69) is 15.5 Å². The molecule has 0 aliphatic carbocycles. The maximum Gasteiger partial charge on any atom is 0.246 e. The summed E-state index contributed by atoms with van der Waals surface area (Å²) in [7, 11) is 1.48. The van der Waals surface area contributed by atoms with E-state index in [-0.39, 0.29) is 18.2 Å². The fourth-order valence-corrected chi connectivity index (χ4v) is 1.54. The molecule has 1 aromatic heterocycles. The van der Waals surface area contributed by atoms with Crippen molar-refractivity contribution in [1.29, 1.82) is 0 Å². The molecule has 0 radical (unpaired) electrons. The van der Waals surface area contributed by atoms with E-state index in [1.54, 1.807) is 6.92 Å². The van der Waals surface area contributed by atoms with Crippen LogP contribution in [0.4, 0.5) is 0 Å². The molecule has 1 atom stereocenters. The first-order valence-corrected chi connectivity index (χ1v) is 4.91. The van der Waals surface area contributed by atoms with Gasteiger partial charge >= 0.3 is 0 Å². The van der Waals surface area contributed by atoms with Crippen LogP contribution < -0.4 is 5.32 Å². The number of hydrogen-bond acceptors (Lipinski definition) is 6. The largest absolute Gasteiger partial charge is 0.338 e. The Morgan fingerprint density at radius 2 is 2.31 bits per heavy atom. The van der Waals surface area contributed by atoms with Crippen LogP contribution in [0.1, 0.15) is 18.1 Å². The van der Waals surface area contributed by atoms with Crippen molar-refractivity contribution in [3.63, 3.8) is 0 Å². The predicted molar refractivity (Wildman–Crippen MR) is 52.1 cm³/mol. The third-order valence-electron chi connectivity index (χ3n) is 2.45. The molecule has 2 heterocycles. The van der Waals surface area contributed by atoms with Crippen LogP contribution in [0.5, 0.6) is 0 Å². The van der Waals surface area contributed by atoms with Crippen LogP contribution >= 0.6 is 0 Å². The Bertz CT molecular complexity index is 428. The van der Waals surface area contributed by atoms with E-state index in [0.717, 1.165) is 4.90 Å². The van der Waals surface area contributed by atoms with Crippen LogP contribution in [0.2, 0.25) is 0 Å². The molecule has 16 heavy (non-hydrogen) atoms.